The summed E-state index contributed by atoms with van der Waals surface area (Å²) in [5, 5.41) is 7.38. The van der Waals surface area contributed by atoms with Gasteiger partial charge >= 0.3 is 11.0 Å². The predicted octanol–water partition coefficient (Wildman–Crippen LogP) is 4.58. The van der Waals surface area contributed by atoms with Crippen molar-refractivity contribution in [2.24, 2.45) is 5.92 Å². The molecule has 0 fully saturated rings. The van der Waals surface area contributed by atoms with E-state index in [0.717, 1.165) is 51.2 Å². The van der Waals surface area contributed by atoms with Crippen LogP contribution in [0.1, 0.15) is 30.7 Å². The maximum atomic E-state index is 11.8. The fourth-order valence-corrected chi connectivity index (χ4v) is 6.17. The summed E-state index contributed by atoms with van der Waals surface area (Å²) in [7, 11) is 0. The number of fused-ring (bicyclic) bond motifs is 4. The molecule has 0 aliphatic heterocycles. The number of thiophene rings is 1. The maximum Gasteiger partial charge on any atom is 0.407 e. The lowest BCUT2D eigenvalue weighted by Gasteiger charge is -2.23. The zero-order chi connectivity index (χ0) is 22.2. The van der Waals surface area contributed by atoms with Crippen molar-refractivity contribution in [2.75, 3.05) is 11.9 Å². The number of anilines is 2. The molecule has 3 heterocycles. The molecule has 0 saturated heterocycles. The van der Waals surface area contributed by atoms with Crippen molar-refractivity contribution < 1.29 is 9.53 Å². The van der Waals surface area contributed by atoms with Gasteiger partial charge in [0, 0.05) is 17.1 Å². The second-order valence-corrected chi connectivity index (χ2v) is 10.3. The Morgan fingerprint density at radius 1 is 1.31 bits per heavy atom. The second kappa shape index (κ2) is 8.51. The molecular weight excluding hydrogens is 446 g/mol. The molecule has 0 bridgehead atoms. The van der Waals surface area contributed by atoms with Crippen molar-refractivity contribution >= 4 is 60.7 Å². The van der Waals surface area contributed by atoms with Crippen LogP contribution in [0.2, 0.25) is 0 Å². The molecule has 0 spiro atoms. The number of aromatic amines is 1. The minimum absolute atomic E-state index is 0.0602. The Hall–Kier alpha value is -2.98. The Morgan fingerprint density at radius 2 is 2.19 bits per heavy atom. The molecule has 1 aromatic carbocycles. The standard InChI is InChI=1S/C22H23N5O3S2/c1-11(2)30-21(28)23-9-12-3-5-14-16(7-12)31-20-18(14)19(24-10-25-20)26-13-4-6-15-17(8-13)32-22(29)27-15/h4,6,8,10-12H,3,5,7,9H2,1-2H3,(H,23,28)(H,27,29)(H,24,25,26). The number of amides is 1. The van der Waals surface area contributed by atoms with Crippen molar-refractivity contribution in [3.8, 4) is 0 Å². The van der Waals surface area contributed by atoms with Crippen molar-refractivity contribution in [2.45, 2.75) is 39.2 Å². The van der Waals surface area contributed by atoms with Crippen molar-refractivity contribution in [1.29, 1.82) is 0 Å². The number of alkyl carbamates (subject to hydrolysis) is 1. The predicted molar refractivity (Wildman–Crippen MR) is 128 cm³/mol. The first-order valence-electron chi connectivity index (χ1n) is 10.6. The first-order valence-corrected chi connectivity index (χ1v) is 12.2. The monoisotopic (exact) mass is 469 g/mol. The number of nitrogens with zero attached hydrogens (tertiary/aromatic N) is 2. The molecule has 0 saturated carbocycles. The van der Waals surface area contributed by atoms with E-state index in [1.54, 1.807) is 17.7 Å². The van der Waals surface area contributed by atoms with Crippen molar-refractivity contribution in [3.63, 3.8) is 0 Å². The summed E-state index contributed by atoms with van der Waals surface area (Å²) in [6.45, 7) is 4.29. The molecule has 3 aromatic heterocycles. The molecule has 166 valence electrons. The van der Waals surface area contributed by atoms with Crippen LogP contribution >= 0.6 is 22.7 Å². The second-order valence-electron chi connectivity index (χ2n) is 8.20. The van der Waals surface area contributed by atoms with Gasteiger partial charge in [-0.25, -0.2) is 14.8 Å². The van der Waals surface area contributed by atoms with Crippen LogP contribution in [0.5, 0.6) is 0 Å². The Kier molecular flexibility index (Phi) is 5.56. The summed E-state index contributed by atoms with van der Waals surface area (Å²) in [4.78, 5) is 37.5. The van der Waals surface area contributed by atoms with Crippen molar-refractivity contribution in [1.82, 2.24) is 20.3 Å². The molecule has 1 atom stereocenters. The third-order valence-electron chi connectivity index (χ3n) is 5.51. The van der Waals surface area contributed by atoms with Crippen LogP contribution in [0.4, 0.5) is 16.3 Å². The third-order valence-corrected chi connectivity index (χ3v) is 7.52. The molecule has 1 unspecified atom stereocenters. The van der Waals surface area contributed by atoms with E-state index in [0.29, 0.717) is 12.5 Å². The number of carbonyl (C=O) groups is 1. The largest absolute Gasteiger partial charge is 0.447 e. The SMILES string of the molecule is CC(C)OC(=O)NCC1CCc2c(sc3ncnc(Nc4ccc5[nH]c(=O)sc5c4)c23)C1. The minimum Gasteiger partial charge on any atom is -0.447 e. The van der Waals surface area contributed by atoms with Gasteiger partial charge in [-0.1, -0.05) is 11.3 Å². The quantitative estimate of drug-likeness (QED) is 0.395. The van der Waals surface area contributed by atoms with Crippen LogP contribution in [0.25, 0.3) is 20.4 Å². The summed E-state index contributed by atoms with van der Waals surface area (Å²) in [6.07, 6.45) is 3.91. The van der Waals surface area contributed by atoms with Crippen LogP contribution in [-0.2, 0) is 17.6 Å². The average Bonchev–Trinajstić information content (AvgIpc) is 3.30. The van der Waals surface area contributed by atoms with Gasteiger partial charge < -0.3 is 20.4 Å². The van der Waals surface area contributed by atoms with E-state index in [9.17, 15) is 9.59 Å². The van der Waals surface area contributed by atoms with Crippen LogP contribution in [-0.4, -0.2) is 33.7 Å². The first kappa shape index (κ1) is 20.9. The third kappa shape index (κ3) is 4.20. The highest BCUT2D eigenvalue weighted by molar-refractivity contribution is 7.19. The van der Waals surface area contributed by atoms with Crippen LogP contribution in [0, 0.1) is 5.92 Å². The van der Waals surface area contributed by atoms with Crippen LogP contribution < -0.4 is 15.5 Å². The van der Waals surface area contributed by atoms with E-state index in [4.69, 9.17) is 4.74 Å². The number of rotatable bonds is 5. The number of nitrogens with one attached hydrogen (secondary N) is 3. The van der Waals surface area contributed by atoms with E-state index < -0.39 is 0 Å². The fraction of sp³-hybridized carbons (Fsp3) is 0.364. The summed E-state index contributed by atoms with van der Waals surface area (Å²) in [5.74, 6) is 1.16. The summed E-state index contributed by atoms with van der Waals surface area (Å²) in [5.41, 5.74) is 3.01. The Labute approximate surface area is 192 Å². The smallest absolute Gasteiger partial charge is 0.407 e. The first-order chi connectivity index (χ1) is 15.5. The highest BCUT2D eigenvalue weighted by atomic mass is 32.1. The number of aryl methyl sites for hydroxylation is 1. The Balaban J connectivity index is 1.37. The number of ether oxygens (including phenoxy) is 1. The normalized spacial score (nSPS) is 15.8. The van der Waals surface area contributed by atoms with Crippen molar-refractivity contribution in [3.05, 3.63) is 44.6 Å². The van der Waals surface area contributed by atoms with Gasteiger partial charge in [-0.3, -0.25) is 4.79 Å². The molecule has 10 heteroatoms. The lowest BCUT2D eigenvalue weighted by atomic mass is 9.88. The fourth-order valence-electron chi connectivity index (χ4n) is 4.09. The van der Waals surface area contributed by atoms with E-state index in [-0.39, 0.29) is 17.1 Å². The number of benzene rings is 1. The Morgan fingerprint density at radius 3 is 3.03 bits per heavy atom. The van der Waals surface area contributed by atoms with Gasteiger partial charge in [-0.15, -0.1) is 11.3 Å². The molecule has 1 aliphatic rings. The van der Waals surface area contributed by atoms with E-state index in [1.807, 2.05) is 32.0 Å². The highest BCUT2D eigenvalue weighted by Gasteiger charge is 2.25. The summed E-state index contributed by atoms with van der Waals surface area (Å²) < 4.78 is 6.07. The lowest BCUT2D eigenvalue weighted by molar-refractivity contribution is 0.114. The van der Waals surface area contributed by atoms with E-state index in [2.05, 4.69) is 25.6 Å². The van der Waals surface area contributed by atoms with Gasteiger partial charge in [-0.2, -0.15) is 0 Å². The molecule has 0 radical (unpaired) electrons. The number of carbonyl (C=O) groups excluding carboxylic acids is 1. The maximum absolute atomic E-state index is 11.8. The van der Waals surface area contributed by atoms with Gasteiger partial charge in [0.15, 0.2) is 0 Å². The topological polar surface area (TPSA) is 109 Å². The van der Waals surface area contributed by atoms with Gasteiger partial charge in [0.25, 0.3) is 0 Å². The molecule has 5 rings (SSSR count). The molecule has 8 nitrogen and oxygen atoms in total. The number of hydrogen-bond acceptors (Lipinski definition) is 8. The van der Waals surface area contributed by atoms with Gasteiger partial charge in [0.1, 0.15) is 17.0 Å². The van der Waals surface area contributed by atoms with E-state index in [1.165, 1.54) is 21.8 Å². The van der Waals surface area contributed by atoms with Gasteiger partial charge in [-0.05, 0) is 62.8 Å². The van der Waals surface area contributed by atoms with Crippen LogP contribution in [0.15, 0.2) is 29.3 Å². The molecule has 4 aromatic rings. The number of H-pyrrole nitrogens is 1. The highest BCUT2D eigenvalue weighted by Crippen LogP contribution is 2.40. The zero-order valence-electron chi connectivity index (χ0n) is 17.7. The molecule has 1 aliphatic carbocycles. The van der Waals surface area contributed by atoms with E-state index >= 15 is 0 Å². The van der Waals surface area contributed by atoms with Gasteiger partial charge in [0.05, 0.1) is 21.7 Å². The molecule has 1 amide bonds. The summed E-state index contributed by atoms with van der Waals surface area (Å²) >= 11 is 2.89. The molecule has 32 heavy (non-hydrogen) atoms. The molecular formula is C22H23N5O3S2. The molecule has 3 N–H and O–H groups in total. The number of hydrogen-bond donors (Lipinski definition) is 3. The number of aromatic nitrogens is 3. The minimum atomic E-state index is -0.357. The lowest BCUT2D eigenvalue weighted by Crippen LogP contribution is -2.33. The van der Waals surface area contributed by atoms with Gasteiger partial charge in [0.2, 0.25) is 0 Å². The number of thiazole rings is 1. The van der Waals surface area contributed by atoms with Crippen LogP contribution in [0.3, 0.4) is 0 Å². The average molecular weight is 470 g/mol. The summed E-state index contributed by atoms with van der Waals surface area (Å²) in [6, 6.07) is 5.80. The Bertz CT molecular complexity index is 1360. The zero-order valence-corrected chi connectivity index (χ0v) is 19.4.